The lowest BCUT2D eigenvalue weighted by atomic mass is 10.2. The number of benzene rings is 1. The zero-order valence-corrected chi connectivity index (χ0v) is 15.4. The van der Waals surface area contributed by atoms with Crippen LogP contribution < -0.4 is 20.9 Å². The Balaban J connectivity index is 1.70. The Labute approximate surface area is 159 Å². The van der Waals surface area contributed by atoms with E-state index in [1.54, 1.807) is 42.4 Å². The number of carbonyl (C=O) groups is 2. The van der Waals surface area contributed by atoms with E-state index in [2.05, 4.69) is 15.3 Å². The third kappa shape index (κ3) is 2.87. The first-order valence-electron chi connectivity index (χ1n) is 8.09. The number of rotatable bonds is 3. The van der Waals surface area contributed by atoms with E-state index in [4.69, 9.17) is 5.73 Å². The van der Waals surface area contributed by atoms with E-state index < -0.39 is 5.91 Å². The van der Waals surface area contributed by atoms with Gasteiger partial charge in [-0.2, -0.15) is 4.98 Å². The van der Waals surface area contributed by atoms with Crippen LogP contribution in [0.25, 0.3) is 0 Å². The average molecular weight is 380 g/mol. The van der Waals surface area contributed by atoms with Gasteiger partial charge in [0.1, 0.15) is 10.6 Å². The summed E-state index contributed by atoms with van der Waals surface area (Å²) in [5, 5.41) is 4.99. The lowest BCUT2D eigenvalue weighted by molar-refractivity contribution is 0.0991. The van der Waals surface area contributed by atoms with Gasteiger partial charge in [0.05, 0.1) is 11.9 Å². The van der Waals surface area contributed by atoms with Crippen molar-refractivity contribution in [3.8, 4) is 0 Å². The smallest absolute Gasteiger partial charge is 0.270 e. The summed E-state index contributed by atoms with van der Waals surface area (Å²) in [6.07, 6.45) is 1.62. The van der Waals surface area contributed by atoms with Gasteiger partial charge in [0.2, 0.25) is 11.9 Å². The van der Waals surface area contributed by atoms with Crippen LogP contribution in [-0.4, -0.2) is 35.9 Å². The number of primary amides is 1. The molecule has 0 saturated carbocycles. The Kier molecular flexibility index (Phi) is 4.00. The highest BCUT2D eigenvalue weighted by atomic mass is 32.1. The van der Waals surface area contributed by atoms with Gasteiger partial charge in [-0.15, -0.1) is 11.3 Å². The Morgan fingerprint density at radius 3 is 2.56 bits per heavy atom. The van der Waals surface area contributed by atoms with Crippen molar-refractivity contribution in [1.29, 1.82) is 0 Å². The molecule has 0 spiro atoms. The molecule has 1 aliphatic rings. The van der Waals surface area contributed by atoms with Gasteiger partial charge in [-0.1, -0.05) is 0 Å². The number of hydrogen-bond donors (Lipinski definition) is 2. The largest absolute Gasteiger partial charge is 0.366 e. The van der Waals surface area contributed by atoms with Gasteiger partial charge in [-0.25, -0.2) is 4.98 Å². The lowest BCUT2D eigenvalue weighted by Crippen LogP contribution is -2.25. The number of thiophene rings is 1. The zero-order chi connectivity index (χ0) is 19.1. The van der Waals surface area contributed by atoms with Crippen LogP contribution in [0.2, 0.25) is 0 Å². The second kappa shape index (κ2) is 6.36. The quantitative estimate of drug-likeness (QED) is 0.724. The molecule has 3 N–H and O–H groups in total. The number of anilines is 5. The predicted octanol–water partition coefficient (Wildman–Crippen LogP) is 2.74. The summed E-state index contributed by atoms with van der Waals surface area (Å²) in [7, 11) is 3.58. The molecule has 0 bridgehead atoms. The molecule has 0 fully saturated rings. The third-order valence-corrected chi connectivity index (χ3v) is 5.25. The molecule has 1 aromatic carbocycles. The first kappa shape index (κ1) is 17.0. The molecule has 0 aliphatic carbocycles. The molecule has 27 heavy (non-hydrogen) atoms. The fraction of sp³-hybridized carbons (Fsp3) is 0.111. The number of nitrogens with one attached hydrogen (secondary N) is 1. The monoisotopic (exact) mass is 380 g/mol. The minimum absolute atomic E-state index is 0.0862. The highest BCUT2D eigenvalue weighted by molar-refractivity contribution is 7.12. The summed E-state index contributed by atoms with van der Waals surface area (Å²) in [6.45, 7) is 0. The molecule has 136 valence electrons. The minimum Gasteiger partial charge on any atom is -0.366 e. The Hall–Kier alpha value is -3.46. The number of carbonyl (C=O) groups excluding carboxylic acids is 2. The second-order valence-electron chi connectivity index (χ2n) is 6.03. The molecule has 2 amide bonds. The number of hydrogen-bond acceptors (Lipinski definition) is 7. The highest BCUT2D eigenvalue weighted by Crippen LogP contribution is 2.40. The molecule has 2 aromatic heterocycles. The summed E-state index contributed by atoms with van der Waals surface area (Å²) < 4.78 is 0. The Bertz CT molecular complexity index is 1050. The average Bonchev–Trinajstić information content (AvgIpc) is 3.14. The van der Waals surface area contributed by atoms with Crippen molar-refractivity contribution in [2.75, 3.05) is 29.2 Å². The fourth-order valence-electron chi connectivity index (χ4n) is 2.86. The van der Waals surface area contributed by atoms with Gasteiger partial charge in [0.15, 0.2) is 5.82 Å². The zero-order valence-electron chi connectivity index (χ0n) is 14.6. The van der Waals surface area contributed by atoms with Crippen molar-refractivity contribution in [3.05, 3.63) is 52.3 Å². The van der Waals surface area contributed by atoms with Crippen molar-refractivity contribution in [2.24, 2.45) is 5.73 Å². The van der Waals surface area contributed by atoms with Gasteiger partial charge in [0, 0.05) is 25.3 Å². The summed E-state index contributed by atoms with van der Waals surface area (Å²) in [4.78, 5) is 36.9. The number of amides is 2. The van der Waals surface area contributed by atoms with Crippen LogP contribution in [0.4, 0.5) is 28.8 Å². The van der Waals surface area contributed by atoms with Crippen molar-refractivity contribution in [3.63, 3.8) is 0 Å². The number of nitrogens with zero attached hydrogens (tertiary/aromatic N) is 4. The fourth-order valence-corrected chi connectivity index (χ4v) is 3.76. The molecule has 0 saturated heterocycles. The topological polar surface area (TPSA) is 104 Å². The van der Waals surface area contributed by atoms with Gasteiger partial charge in [0.25, 0.3) is 5.91 Å². The summed E-state index contributed by atoms with van der Waals surface area (Å²) in [5.74, 6) is 0.432. The standard InChI is InChI=1S/C18H16N6O2S/c1-23-12-7-8-27-14(12)17(26)24(2)13-9-20-18(22-16(13)23)21-11-5-3-10(4-6-11)15(19)25/h3-9H,1-2H3,(H2,19,25)(H,20,21,22). The van der Waals surface area contributed by atoms with E-state index in [1.165, 1.54) is 11.3 Å². The van der Waals surface area contributed by atoms with E-state index in [1.807, 2.05) is 23.4 Å². The van der Waals surface area contributed by atoms with Crippen LogP contribution >= 0.6 is 11.3 Å². The van der Waals surface area contributed by atoms with Gasteiger partial charge in [-0.3, -0.25) is 9.59 Å². The Morgan fingerprint density at radius 2 is 1.85 bits per heavy atom. The van der Waals surface area contributed by atoms with Crippen molar-refractivity contribution in [1.82, 2.24) is 9.97 Å². The Morgan fingerprint density at radius 1 is 1.11 bits per heavy atom. The molecule has 1 aliphatic heterocycles. The van der Waals surface area contributed by atoms with Crippen LogP contribution in [0.15, 0.2) is 41.9 Å². The number of nitrogens with two attached hydrogens (primary N) is 1. The van der Waals surface area contributed by atoms with Crippen LogP contribution in [0.3, 0.4) is 0 Å². The van der Waals surface area contributed by atoms with E-state index in [9.17, 15) is 9.59 Å². The first-order valence-corrected chi connectivity index (χ1v) is 8.97. The predicted molar refractivity (Wildman–Crippen MR) is 105 cm³/mol. The maximum atomic E-state index is 12.7. The van der Waals surface area contributed by atoms with Gasteiger partial charge >= 0.3 is 0 Å². The van der Waals surface area contributed by atoms with E-state index in [-0.39, 0.29) is 5.91 Å². The second-order valence-corrected chi connectivity index (χ2v) is 6.94. The van der Waals surface area contributed by atoms with Crippen LogP contribution in [0.1, 0.15) is 20.0 Å². The third-order valence-electron chi connectivity index (χ3n) is 4.36. The number of fused-ring (bicyclic) bond motifs is 2. The molecule has 4 rings (SSSR count). The normalized spacial score (nSPS) is 13.0. The van der Waals surface area contributed by atoms with E-state index >= 15 is 0 Å². The van der Waals surface area contributed by atoms with Gasteiger partial charge in [-0.05, 0) is 35.7 Å². The SMILES string of the molecule is CN1C(=O)c2sccc2N(C)c2nc(Nc3ccc(C(N)=O)cc3)ncc21. The summed E-state index contributed by atoms with van der Waals surface area (Å²) in [6, 6.07) is 8.62. The molecular weight excluding hydrogens is 364 g/mol. The molecule has 9 heteroatoms. The van der Waals surface area contributed by atoms with Crippen LogP contribution in [0.5, 0.6) is 0 Å². The summed E-state index contributed by atoms with van der Waals surface area (Å²) >= 11 is 1.40. The van der Waals surface area contributed by atoms with E-state index in [0.717, 1.165) is 11.4 Å². The van der Waals surface area contributed by atoms with E-state index in [0.29, 0.717) is 27.9 Å². The molecule has 3 heterocycles. The van der Waals surface area contributed by atoms with Crippen molar-refractivity contribution >= 4 is 52.0 Å². The summed E-state index contributed by atoms with van der Waals surface area (Å²) in [5.41, 5.74) is 7.84. The molecular formula is C18H16N6O2S. The molecule has 8 nitrogen and oxygen atoms in total. The molecule has 3 aromatic rings. The molecule has 0 unspecified atom stereocenters. The molecule has 0 atom stereocenters. The lowest BCUT2D eigenvalue weighted by Gasteiger charge is -2.20. The number of aromatic nitrogens is 2. The van der Waals surface area contributed by atoms with Crippen LogP contribution in [-0.2, 0) is 0 Å². The maximum absolute atomic E-state index is 12.7. The highest BCUT2D eigenvalue weighted by Gasteiger charge is 2.30. The molecule has 0 radical (unpaired) electrons. The van der Waals surface area contributed by atoms with Gasteiger partial charge < -0.3 is 20.9 Å². The van der Waals surface area contributed by atoms with Crippen LogP contribution in [0, 0.1) is 0 Å². The first-order chi connectivity index (χ1) is 13.0. The minimum atomic E-state index is -0.483. The van der Waals surface area contributed by atoms with Crippen molar-refractivity contribution in [2.45, 2.75) is 0 Å². The maximum Gasteiger partial charge on any atom is 0.270 e. The van der Waals surface area contributed by atoms with Crippen molar-refractivity contribution < 1.29 is 9.59 Å².